The number of carbonyl (C=O) groups is 1. The molecule has 0 bridgehead atoms. The minimum Gasteiger partial charge on any atom is -0.444 e. The van der Waals surface area contributed by atoms with Crippen LogP contribution in [0.5, 0.6) is 0 Å². The molecule has 6 heteroatoms. The minimum absolute atomic E-state index is 0.234. The Kier molecular flexibility index (Phi) is 6.97. The highest BCUT2D eigenvalue weighted by atomic mass is 16.6. The molecule has 0 radical (unpaired) electrons. The van der Waals surface area contributed by atoms with Crippen LogP contribution >= 0.6 is 0 Å². The number of likely N-dealkylation sites (tertiary alicyclic amines) is 1. The first kappa shape index (κ1) is 18.6. The van der Waals surface area contributed by atoms with E-state index in [-0.39, 0.29) is 6.09 Å². The molecule has 1 aliphatic heterocycles. The topological polar surface area (TPSA) is 80.0 Å². The van der Waals surface area contributed by atoms with Crippen molar-refractivity contribution < 1.29 is 9.53 Å². The predicted molar refractivity (Wildman–Crippen MR) is 89.9 cm³/mol. The molecule has 0 aliphatic carbocycles. The van der Waals surface area contributed by atoms with Gasteiger partial charge >= 0.3 is 6.09 Å². The Labute approximate surface area is 134 Å². The lowest BCUT2D eigenvalue weighted by atomic mass is 10.1. The van der Waals surface area contributed by atoms with E-state index < -0.39 is 5.60 Å². The lowest BCUT2D eigenvalue weighted by Crippen LogP contribution is -2.36. The van der Waals surface area contributed by atoms with Crippen LogP contribution in [-0.4, -0.2) is 48.7 Å². The quantitative estimate of drug-likeness (QED) is 0.602. The molecule has 22 heavy (non-hydrogen) atoms. The van der Waals surface area contributed by atoms with E-state index in [1.165, 1.54) is 0 Å². The van der Waals surface area contributed by atoms with E-state index in [1.54, 1.807) is 4.90 Å². The summed E-state index contributed by atoms with van der Waals surface area (Å²) in [6, 6.07) is 0. The second kappa shape index (κ2) is 8.25. The molecule has 1 rings (SSSR count). The number of hydrogen-bond donors (Lipinski definition) is 2. The molecule has 1 fully saturated rings. The van der Waals surface area contributed by atoms with Crippen molar-refractivity contribution in [3.05, 3.63) is 0 Å². The van der Waals surface area contributed by atoms with E-state index >= 15 is 0 Å². The van der Waals surface area contributed by atoms with E-state index in [2.05, 4.69) is 24.2 Å². The molecule has 0 aromatic heterocycles. The summed E-state index contributed by atoms with van der Waals surface area (Å²) >= 11 is 0. The molecule has 0 aromatic carbocycles. The Bertz CT molecular complexity index is 388. The monoisotopic (exact) mass is 312 g/mol. The normalized spacial score (nSPS) is 19.6. The van der Waals surface area contributed by atoms with Crippen molar-refractivity contribution in [1.29, 1.82) is 0 Å². The lowest BCUT2D eigenvalue weighted by molar-refractivity contribution is 0.0289. The van der Waals surface area contributed by atoms with Crippen LogP contribution in [0.1, 0.15) is 47.5 Å². The summed E-state index contributed by atoms with van der Waals surface area (Å²) in [7, 11) is 0. The van der Waals surface area contributed by atoms with Crippen LogP contribution in [0.2, 0.25) is 0 Å². The first-order valence-corrected chi connectivity index (χ1v) is 8.19. The Balaban J connectivity index is 2.30. The van der Waals surface area contributed by atoms with Crippen LogP contribution in [0.15, 0.2) is 4.99 Å². The van der Waals surface area contributed by atoms with Gasteiger partial charge in [-0.05, 0) is 45.4 Å². The number of hydrogen-bond acceptors (Lipinski definition) is 3. The van der Waals surface area contributed by atoms with Gasteiger partial charge in [0.1, 0.15) is 5.60 Å². The van der Waals surface area contributed by atoms with Gasteiger partial charge in [0.2, 0.25) is 0 Å². The molecule has 1 aliphatic rings. The highest BCUT2D eigenvalue weighted by Crippen LogP contribution is 2.19. The van der Waals surface area contributed by atoms with Crippen LogP contribution in [0.4, 0.5) is 4.79 Å². The van der Waals surface area contributed by atoms with Crippen molar-refractivity contribution in [3.8, 4) is 0 Å². The summed E-state index contributed by atoms with van der Waals surface area (Å²) in [4.78, 5) is 18.1. The maximum atomic E-state index is 12.0. The highest BCUT2D eigenvalue weighted by Gasteiger charge is 2.29. The molecule has 0 saturated carbocycles. The van der Waals surface area contributed by atoms with Gasteiger partial charge in [0.15, 0.2) is 5.96 Å². The zero-order valence-electron chi connectivity index (χ0n) is 14.7. The van der Waals surface area contributed by atoms with Crippen LogP contribution in [-0.2, 0) is 4.74 Å². The Morgan fingerprint density at radius 3 is 2.73 bits per heavy atom. The number of nitrogens with two attached hydrogens (primary N) is 1. The van der Waals surface area contributed by atoms with Gasteiger partial charge in [-0.2, -0.15) is 0 Å². The van der Waals surface area contributed by atoms with Gasteiger partial charge in [-0.1, -0.05) is 13.8 Å². The minimum atomic E-state index is -0.446. The average Bonchev–Trinajstić information content (AvgIpc) is 2.82. The van der Waals surface area contributed by atoms with Gasteiger partial charge in [0, 0.05) is 26.2 Å². The van der Waals surface area contributed by atoms with Crippen molar-refractivity contribution in [1.82, 2.24) is 10.2 Å². The molecule has 0 spiro atoms. The van der Waals surface area contributed by atoms with E-state index in [1.807, 2.05) is 20.8 Å². The fourth-order valence-corrected chi connectivity index (χ4v) is 2.25. The molecule has 128 valence electrons. The molecule has 3 N–H and O–H groups in total. The van der Waals surface area contributed by atoms with Crippen LogP contribution in [0, 0.1) is 11.8 Å². The second-order valence-electron chi connectivity index (χ2n) is 7.42. The summed E-state index contributed by atoms with van der Waals surface area (Å²) in [5.74, 6) is 1.51. The number of rotatable bonds is 5. The first-order chi connectivity index (χ1) is 10.2. The molecule has 1 saturated heterocycles. The molecular weight excluding hydrogens is 280 g/mol. The maximum absolute atomic E-state index is 12.0. The SMILES string of the molecule is CC(C)CCNC(N)=NCC1CCN(C(=O)OC(C)(C)C)C1. The largest absolute Gasteiger partial charge is 0.444 e. The van der Waals surface area contributed by atoms with Gasteiger partial charge in [-0.3, -0.25) is 4.99 Å². The third kappa shape index (κ3) is 7.52. The van der Waals surface area contributed by atoms with Crippen LogP contribution in [0.25, 0.3) is 0 Å². The third-order valence-corrected chi connectivity index (χ3v) is 3.49. The molecule has 0 aromatic rings. The standard InChI is InChI=1S/C16H32N4O2/c1-12(2)6-8-18-14(17)19-10-13-7-9-20(11-13)15(21)22-16(3,4)5/h12-13H,6-11H2,1-5H3,(H3,17,18,19). The number of aliphatic imine (C=N–C) groups is 1. The average molecular weight is 312 g/mol. The smallest absolute Gasteiger partial charge is 0.410 e. The number of carbonyl (C=O) groups excluding carboxylic acids is 1. The number of nitrogens with one attached hydrogen (secondary N) is 1. The van der Waals surface area contributed by atoms with Gasteiger partial charge < -0.3 is 20.7 Å². The lowest BCUT2D eigenvalue weighted by Gasteiger charge is -2.24. The predicted octanol–water partition coefficient (Wildman–Crippen LogP) is 2.19. The summed E-state index contributed by atoms with van der Waals surface area (Å²) in [5, 5.41) is 3.13. The van der Waals surface area contributed by atoms with Crippen molar-refractivity contribution in [2.24, 2.45) is 22.6 Å². The number of amides is 1. The zero-order valence-corrected chi connectivity index (χ0v) is 14.7. The first-order valence-electron chi connectivity index (χ1n) is 8.19. The van der Waals surface area contributed by atoms with Gasteiger partial charge in [-0.15, -0.1) is 0 Å². The molecule has 1 unspecified atom stereocenters. The van der Waals surface area contributed by atoms with E-state index in [0.29, 0.717) is 30.9 Å². The fraction of sp³-hybridized carbons (Fsp3) is 0.875. The molecule has 1 atom stereocenters. The number of guanidine groups is 1. The van der Waals surface area contributed by atoms with Crippen LogP contribution in [0.3, 0.4) is 0 Å². The molecule has 1 amide bonds. The Hall–Kier alpha value is -1.46. The number of nitrogens with zero attached hydrogens (tertiary/aromatic N) is 2. The zero-order chi connectivity index (χ0) is 16.8. The number of ether oxygens (including phenoxy) is 1. The van der Waals surface area contributed by atoms with Crippen LogP contribution < -0.4 is 11.1 Å². The van der Waals surface area contributed by atoms with Gasteiger partial charge in [-0.25, -0.2) is 4.79 Å². The van der Waals surface area contributed by atoms with Crippen molar-refractivity contribution in [2.75, 3.05) is 26.2 Å². The Morgan fingerprint density at radius 1 is 1.45 bits per heavy atom. The summed E-state index contributed by atoms with van der Waals surface area (Å²) < 4.78 is 5.39. The summed E-state index contributed by atoms with van der Waals surface area (Å²) in [6.45, 7) is 12.9. The van der Waals surface area contributed by atoms with Gasteiger partial charge in [0.05, 0.1) is 0 Å². The Morgan fingerprint density at radius 2 is 2.14 bits per heavy atom. The third-order valence-electron chi connectivity index (χ3n) is 3.49. The van der Waals surface area contributed by atoms with Crippen molar-refractivity contribution in [2.45, 2.75) is 53.1 Å². The van der Waals surface area contributed by atoms with E-state index in [4.69, 9.17) is 10.5 Å². The molecular formula is C16H32N4O2. The summed E-state index contributed by atoms with van der Waals surface area (Å²) in [5.41, 5.74) is 5.40. The maximum Gasteiger partial charge on any atom is 0.410 e. The van der Waals surface area contributed by atoms with Crippen molar-refractivity contribution >= 4 is 12.1 Å². The second-order valence-corrected chi connectivity index (χ2v) is 7.42. The van der Waals surface area contributed by atoms with E-state index in [9.17, 15) is 4.79 Å². The molecule has 1 heterocycles. The van der Waals surface area contributed by atoms with Crippen molar-refractivity contribution in [3.63, 3.8) is 0 Å². The fourth-order valence-electron chi connectivity index (χ4n) is 2.25. The van der Waals surface area contributed by atoms with Gasteiger partial charge in [0.25, 0.3) is 0 Å². The molecule has 6 nitrogen and oxygen atoms in total. The highest BCUT2D eigenvalue weighted by molar-refractivity contribution is 5.77. The van der Waals surface area contributed by atoms with E-state index in [0.717, 1.165) is 25.9 Å². The summed E-state index contributed by atoms with van der Waals surface area (Å²) in [6.07, 6.45) is 1.79.